The van der Waals surface area contributed by atoms with Crippen molar-refractivity contribution in [3.8, 4) is 0 Å². The van der Waals surface area contributed by atoms with Gasteiger partial charge in [-0.3, -0.25) is 4.79 Å². The van der Waals surface area contributed by atoms with E-state index in [4.69, 9.17) is 4.74 Å². The van der Waals surface area contributed by atoms with Gasteiger partial charge in [0.2, 0.25) is 5.91 Å². The molecule has 1 amide bonds. The zero-order valence-electron chi connectivity index (χ0n) is 13.4. The third-order valence-corrected chi connectivity index (χ3v) is 4.52. The molecule has 1 aliphatic rings. The van der Waals surface area contributed by atoms with Crippen LogP contribution in [-0.4, -0.2) is 42.7 Å². The highest BCUT2D eigenvalue weighted by Crippen LogP contribution is 2.28. The van der Waals surface area contributed by atoms with E-state index in [1.54, 1.807) is 11.3 Å². The van der Waals surface area contributed by atoms with Crippen molar-refractivity contribution in [3.63, 3.8) is 0 Å². The lowest BCUT2D eigenvalue weighted by molar-refractivity contribution is -0.127. The molecule has 1 saturated heterocycles. The number of ether oxygens (including phenoxy) is 1. The first-order chi connectivity index (χ1) is 10.1. The third-order valence-electron chi connectivity index (χ3n) is 3.68. The van der Waals surface area contributed by atoms with E-state index < -0.39 is 0 Å². The highest BCUT2D eigenvalue weighted by Gasteiger charge is 2.34. The maximum absolute atomic E-state index is 12.0. The number of carbonyl (C=O) groups excluding carboxylic acids is 1. The van der Waals surface area contributed by atoms with Gasteiger partial charge in [0.25, 0.3) is 0 Å². The van der Waals surface area contributed by atoms with Crippen LogP contribution in [0.4, 0.5) is 5.13 Å². The molecular formula is C15H26ClN3O2S. The normalized spacial score (nSPS) is 21.0. The molecule has 0 aromatic carbocycles. The molecule has 0 saturated carbocycles. The second kappa shape index (κ2) is 9.33. The predicted octanol–water partition coefficient (Wildman–Crippen LogP) is 2.71. The standard InChI is InChI=1S/C15H25N3O2S.ClH/c1-4-5-12-8-18(15-16-6-7-21-15)9-13(12)17-14(19)10-20-11(2)3;/h6-7,11-13H,4-5,8-10H2,1-3H3,(H,17,19);1H/t12-,13-;/m0./s1. The van der Waals surface area contributed by atoms with E-state index in [1.165, 1.54) is 0 Å². The van der Waals surface area contributed by atoms with Crippen LogP contribution in [-0.2, 0) is 9.53 Å². The van der Waals surface area contributed by atoms with Gasteiger partial charge in [-0.1, -0.05) is 13.3 Å². The highest BCUT2D eigenvalue weighted by molar-refractivity contribution is 7.13. The number of carbonyl (C=O) groups is 1. The van der Waals surface area contributed by atoms with Gasteiger partial charge >= 0.3 is 0 Å². The molecule has 7 heteroatoms. The van der Waals surface area contributed by atoms with Crippen LogP contribution in [0.15, 0.2) is 11.6 Å². The van der Waals surface area contributed by atoms with Gasteiger partial charge in [0.1, 0.15) is 6.61 Å². The van der Waals surface area contributed by atoms with Crippen molar-refractivity contribution in [3.05, 3.63) is 11.6 Å². The smallest absolute Gasteiger partial charge is 0.246 e. The first kappa shape index (κ1) is 19.2. The van der Waals surface area contributed by atoms with Gasteiger partial charge in [-0.25, -0.2) is 4.98 Å². The summed E-state index contributed by atoms with van der Waals surface area (Å²) in [5.41, 5.74) is 0. The topological polar surface area (TPSA) is 54.5 Å². The van der Waals surface area contributed by atoms with Crippen LogP contribution in [0.2, 0.25) is 0 Å². The molecule has 126 valence electrons. The van der Waals surface area contributed by atoms with Crippen LogP contribution < -0.4 is 10.2 Å². The number of amides is 1. The largest absolute Gasteiger partial charge is 0.369 e. The van der Waals surface area contributed by atoms with Crippen LogP contribution in [0.25, 0.3) is 0 Å². The lowest BCUT2D eigenvalue weighted by Crippen LogP contribution is -2.42. The summed E-state index contributed by atoms with van der Waals surface area (Å²) in [5.74, 6) is 0.470. The number of hydrogen-bond donors (Lipinski definition) is 1. The maximum atomic E-state index is 12.0. The average Bonchev–Trinajstić information content (AvgIpc) is 3.07. The van der Waals surface area contributed by atoms with Crippen molar-refractivity contribution in [2.75, 3.05) is 24.6 Å². The molecule has 0 spiro atoms. The number of aromatic nitrogens is 1. The summed E-state index contributed by atoms with van der Waals surface area (Å²) in [4.78, 5) is 18.6. The lowest BCUT2D eigenvalue weighted by Gasteiger charge is -2.19. The third kappa shape index (κ3) is 5.41. The van der Waals surface area contributed by atoms with Crippen molar-refractivity contribution >= 4 is 34.8 Å². The van der Waals surface area contributed by atoms with Crippen LogP contribution in [0.1, 0.15) is 33.6 Å². The molecule has 1 fully saturated rings. The molecule has 2 atom stereocenters. The molecule has 5 nitrogen and oxygen atoms in total. The minimum atomic E-state index is -0.0178. The van der Waals surface area contributed by atoms with Crippen molar-refractivity contribution in [1.29, 1.82) is 0 Å². The SMILES string of the molecule is CCC[C@H]1CN(c2nccs2)C[C@@H]1NC(=O)COC(C)C.Cl. The van der Waals surface area contributed by atoms with E-state index in [0.29, 0.717) is 5.92 Å². The quantitative estimate of drug-likeness (QED) is 0.824. The zero-order chi connectivity index (χ0) is 15.2. The predicted molar refractivity (Wildman–Crippen MR) is 93.0 cm³/mol. The average molecular weight is 348 g/mol. The summed E-state index contributed by atoms with van der Waals surface area (Å²) < 4.78 is 5.37. The Kier molecular flexibility index (Phi) is 8.14. The number of hydrogen-bond acceptors (Lipinski definition) is 5. The molecule has 1 aromatic rings. The van der Waals surface area contributed by atoms with Gasteiger partial charge in [-0.05, 0) is 26.2 Å². The minimum absolute atomic E-state index is 0. The molecule has 1 aromatic heterocycles. The zero-order valence-corrected chi connectivity index (χ0v) is 15.1. The Morgan fingerprint density at radius 3 is 2.91 bits per heavy atom. The van der Waals surface area contributed by atoms with Gasteiger partial charge in [-0.2, -0.15) is 0 Å². The summed E-state index contributed by atoms with van der Waals surface area (Å²) in [6.45, 7) is 8.01. The number of anilines is 1. The van der Waals surface area contributed by atoms with Crippen LogP contribution in [0.5, 0.6) is 0 Å². The summed E-state index contributed by atoms with van der Waals surface area (Å²) in [6, 6.07) is 0.192. The number of rotatable bonds is 7. The molecule has 0 radical (unpaired) electrons. The Hall–Kier alpha value is -0.850. The molecule has 0 bridgehead atoms. The summed E-state index contributed by atoms with van der Waals surface area (Å²) in [6.07, 6.45) is 4.16. The van der Waals surface area contributed by atoms with E-state index in [-0.39, 0.29) is 37.1 Å². The molecule has 0 aliphatic carbocycles. The maximum Gasteiger partial charge on any atom is 0.246 e. The molecule has 1 aliphatic heterocycles. The van der Waals surface area contributed by atoms with Crippen LogP contribution in [0.3, 0.4) is 0 Å². The van der Waals surface area contributed by atoms with Gasteiger partial charge in [0.15, 0.2) is 5.13 Å². The number of thiazole rings is 1. The Labute approximate surface area is 142 Å². The Balaban J connectivity index is 0.00000242. The second-order valence-corrected chi connectivity index (χ2v) is 6.68. The first-order valence-corrected chi connectivity index (χ1v) is 8.53. The number of halogens is 1. The summed E-state index contributed by atoms with van der Waals surface area (Å²) in [7, 11) is 0. The fraction of sp³-hybridized carbons (Fsp3) is 0.733. The molecule has 0 unspecified atom stereocenters. The Morgan fingerprint density at radius 2 is 2.32 bits per heavy atom. The summed E-state index contributed by atoms with van der Waals surface area (Å²) >= 11 is 1.65. The number of nitrogens with one attached hydrogen (secondary N) is 1. The number of nitrogens with zero attached hydrogens (tertiary/aromatic N) is 2. The van der Waals surface area contributed by atoms with Crippen molar-refractivity contribution in [2.24, 2.45) is 5.92 Å². The van der Waals surface area contributed by atoms with E-state index >= 15 is 0 Å². The fourth-order valence-electron chi connectivity index (χ4n) is 2.72. The molecular weight excluding hydrogens is 322 g/mol. The van der Waals surface area contributed by atoms with Crippen molar-refractivity contribution in [1.82, 2.24) is 10.3 Å². The van der Waals surface area contributed by atoms with Gasteiger partial charge in [0.05, 0.1) is 12.1 Å². The fourth-order valence-corrected chi connectivity index (χ4v) is 3.38. The van der Waals surface area contributed by atoms with Crippen LogP contribution in [0, 0.1) is 5.92 Å². The molecule has 22 heavy (non-hydrogen) atoms. The molecule has 1 N–H and O–H groups in total. The van der Waals surface area contributed by atoms with Gasteiger partial charge in [0, 0.05) is 24.7 Å². The van der Waals surface area contributed by atoms with Crippen LogP contribution >= 0.6 is 23.7 Å². The molecule has 2 heterocycles. The summed E-state index contributed by atoms with van der Waals surface area (Å²) in [5, 5.41) is 6.17. The Bertz CT molecular complexity index is 442. The lowest BCUT2D eigenvalue weighted by atomic mass is 9.98. The highest BCUT2D eigenvalue weighted by atomic mass is 35.5. The van der Waals surface area contributed by atoms with Crippen molar-refractivity contribution < 1.29 is 9.53 Å². The van der Waals surface area contributed by atoms with E-state index in [1.807, 2.05) is 25.4 Å². The van der Waals surface area contributed by atoms with Crippen molar-refractivity contribution in [2.45, 2.75) is 45.8 Å². The minimum Gasteiger partial charge on any atom is -0.369 e. The van der Waals surface area contributed by atoms with E-state index in [0.717, 1.165) is 31.1 Å². The Morgan fingerprint density at radius 1 is 1.55 bits per heavy atom. The second-order valence-electron chi connectivity index (χ2n) is 5.80. The van der Waals surface area contributed by atoms with Gasteiger partial charge < -0.3 is 15.0 Å². The van der Waals surface area contributed by atoms with E-state index in [2.05, 4.69) is 22.1 Å². The molecule has 2 rings (SSSR count). The first-order valence-electron chi connectivity index (χ1n) is 7.65. The van der Waals surface area contributed by atoms with Gasteiger partial charge in [-0.15, -0.1) is 23.7 Å². The van der Waals surface area contributed by atoms with E-state index in [9.17, 15) is 4.79 Å². The monoisotopic (exact) mass is 347 g/mol.